The Labute approximate surface area is 119 Å². The molecule has 0 unspecified atom stereocenters. The molecule has 1 heterocycles. The molecule has 1 N–H and O–H groups in total. The van der Waals surface area contributed by atoms with Crippen molar-refractivity contribution in [2.75, 3.05) is 5.32 Å². The van der Waals surface area contributed by atoms with E-state index in [0.717, 1.165) is 5.69 Å². The van der Waals surface area contributed by atoms with Gasteiger partial charge in [0.15, 0.2) is 5.82 Å². The summed E-state index contributed by atoms with van der Waals surface area (Å²) in [5.74, 6) is 0.359. The second kappa shape index (κ2) is 5.49. The van der Waals surface area contributed by atoms with Gasteiger partial charge in [-0.05, 0) is 30.0 Å². The molecule has 0 saturated carbocycles. The number of nitrogens with zero attached hydrogens (tertiary/aromatic N) is 2. The molecule has 0 aliphatic carbocycles. The van der Waals surface area contributed by atoms with Crippen LogP contribution in [-0.2, 0) is 12.0 Å². The molecular formula is C16H21N3O. The van der Waals surface area contributed by atoms with Gasteiger partial charge in [-0.3, -0.25) is 4.79 Å². The second-order valence-corrected chi connectivity index (χ2v) is 5.82. The zero-order valence-electron chi connectivity index (χ0n) is 12.5. The summed E-state index contributed by atoms with van der Waals surface area (Å²) in [6.45, 7) is 9.10. The van der Waals surface area contributed by atoms with Crippen LogP contribution in [0.5, 0.6) is 0 Å². The Morgan fingerprint density at radius 2 is 1.85 bits per heavy atom. The molecule has 2 aromatic rings. The maximum atomic E-state index is 12.1. The molecule has 0 spiro atoms. The Kier molecular flexibility index (Phi) is 3.93. The van der Waals surface area contributed by atoms with E-state index in [-0.39, 0.29) is 11.0 Å². The Morgan fingerprint density at radius 1 is 1.20 bits per heavy atom. The highest BCUT2D eigenvalue weighted by molar-refractivity contribution is 5.55. The van der Waals surface area contributed by atoms with Crippen LogP contribution in [0.3, 0.4) is 0 Å². The van der Waals surface area contributed by atoms with Crippen LogP contribution in [0.4, 0.5) is 11.5 Å². The number of aromatic nitrogens is 2. The smallest absolute Gasteiger partial charge is 0.293 e. The van der Waals surface area contributed by atoms with Crippen LogP contribution in [0.1, 0.15) is 33.3 Å². The van der Waals surface area contributed by atoms with Crippen LogP contribution in [0.15, 0.2) is 41.5 Å². The Bertz CT molecular complexity index is 636. The predicted molar refractivity (Wildman–Crippen MR) is 82.6 cm³/mol. The van der Waals surface area contributed by atoms with Crippen molar-refractivity contribution < 1.29 is 0 Å². The van der Waals surface area contributed by atoms with Crippen molar-refractivity contribution in [1.82, 2.24) is 9.55 Å². The van der Waals surface area contributed by atoms with Crippen molar-refractivity contribution in [3.63, 3.8) is 0 Å². The lowest BCUT2D eigenvalue weighted by Gasteiger charge is -2.19. The molecule has 0 bridgehead atoms. The highest BCUT2D eigenvalue weighted by Crippen LogP contribution is 2.24. The van der Waals surface area contributed by atoms with E-state index in [0.29, 0.717) is 12.4 Å². The average Bonchev–Trinajstić information content (AvgIpc) is 2.41. The van der Waals surface area contributed by atoms with E-state index in [9.17, 15) is 4.79 Å². The van der Waals surface area contributed by atoms with Crippen LogP contribution in [-0.4, -0.2) is 9.55 Å². The first-order valence-corrected chi connectivity index (χ1v) is 6.85. The number of aryl methyl sites for hydroxylation is 1. The topological polar surface area (TPSA) is 46.9 Å². The minimum absolute atomic E-state index is 0.102. The van der Waals surface area contributed by atoms with E-state index in [2.05, 4.69) is 43.2 Å². The molecule has 1 aromatic carbocycles. The van der Waals surface area contributed by atoms with Gasteiger partial charge in [-0.15, -0.1) is 0 Å². The third kappa shape index (κ3) is 3.07. The normalized spacial score (nSPS) is 11.4. The SMILES string of the molecule is CCn1ccnc(Nc2ccc(C(C)(C)C)cc2)c1=O. The van der Waals surface area contributed by atoms with E-state index in [1.54, 1.807) is 17.0 Å². The Morgan fingerprint density at radius 3 is 2.40 bits per heavy atom. The summed E-state index contributed by atoms with van der Waals surface area (Å²) >= 11 is 0. The van der Waals surface area contributed by atoms with Gasteiger partial charge in [0, 0.05) is 24.6 Å². The third-order valence-corrected chi connectivity index (χ3v) is 3.27. The lowest BCUT2D eigenvalue weighted by atomic mass is 9.87. The highest BCUT2D eigenvalue weighted by Gasteiger charge is 2.13. The number of hydrogen-bond acceptors (Lipinski definition) is 3. The van der Waals surface area contributed by atoms with Gasteiger partial charge in [0.05, 0.1) is 0 Å². The van der Waals surface area contributed by atoms with Crippen LogP contribution < -0.4 is 10.9 Å². The molecule has 4 nitrogen and oxygen atoms in total. The minimum Gasteiger partial charge on any atom is -0.336 e. The fourth-order valence-corrected chi connectivity index (χ4v) is 1.97. The first-order valence-electron chi connectivity index (χ1n) is 6.85. The van der Waals surface area contributed by atoms with Gasteiger partial charge in [-0.1, -0.05) is 32.9 Å². The molecule has 0 amide bonds. The number of rotatable bonds is 3. The first kappa shape index (κ1) is 14.3. The monoisotopic (exact) mass is 271 g/mol. The fourth-order valence-electron chi connectivity index (χ4n) is 1.97. The standard InChI is InChI=1S/C16H21N3O/c1-5-19-11-10-17-14(15(19)20)18-13-8-6-12(7-9-13)16(2,3)4/h6-11H,5H2,1-4H3,(H,17,18). The molecule has 0 fully saturated rings. The van der Waals surface area contributed by atoms with Gasteiger partial charge in [0.25, 0.3) is 5.56 Å². The van der Waals surface area contributed by atoms with Crippen molar-refractivity contribution in [1.29, 1.82) is 0 Å². The molecule has 2 rings (SSSR count). The molecule has 0 radical (unpaired) electrons. The van der Waals surface area contributed by atoms with Crippen molar-refractivity contribution in [2.45, 2.75) is 39.7 Å². The molecule has 20 heavy (non-hydrogen) atoms. The molecule has 0 aliphatic rings. The van der Waals surface area contributed by atoms with Crippen LogP contribution in [0.25, 0.3) is 0 Å². The van der Waals surface area contributed by atoms with Crippen molar-refractivity contribution >= 4 is 11.5 Å². The maximum absolute atomic E-state index is 12.1. The van der Waals surface area contributed by atoms with Gasteiger partial charge < -0.3 is 9.88 Å². The van der Waals surface area contributed by atoms with Gasteiger partial charge in [0.1, 0.15) is 0 Å². The number of nitrogens with one attached hydrogen (secondary N) is 1. The highest BCUT2D eigenvalue weighted by atomic mass is 16.1. The van der Waals surface area contributed by atoms with Crippen LogP contribution >= 0.6 is 0 Å². The lowest BCUT2D eigenvalue weighted by Crippen LogP contribution is -2.22. The third-order valence-electron chi connectivity index (χ3n) is 3.27. The summed E-state index contributed by atoms with van der Waals surface area (Å²) in [4.78, 5) is 16.2. The van der Waals surface area contributed by atoms with Gasteiger partial charge in [0.2, 0.25) is 0 Å². The van der Waals surface area contributed by atoms with E-state index >= 15 is 0 Å². The molecule has 0 atom stereocenters. The van der Waals surface area contributed by atoms with E-state index in [1.165, 1.54) is 5.56 Å². The Balaban J connectivity index is 2.25. The summed E-state index contributed by atoms with van der Waals surface area (Å²) < 4.78 is 1.62. The zero-order chi connectivity index (χ0) is 14.8. The minimum atomic E-state index is -0.102. The van der Waals surface area contributed by atoms with Gasteiger partial charge in [-0.2, -0.15) is 0 Å². The fraction of sp³-hybridized carbons (Fsp3) is 0.375. The van der Waals surface area contributed by atoms with Crippen molar-refractivity contribution in [3.05, 3.63) is 52.6 Å². The lowest BCUT2D eigenvalue weighted by molar-refractivity contribution is 0.590. The summed E-state index contributed by atoms with van der Waals surface area (Å²) in [5.41, 5.74) is 2.15. The van der Waals surface area contributed by atoms with Crippen molar-refractivity contribution in [3.8, 4) is 0 Å². The summed E-state index contributed by atoms with van der Waals surface area (Å²) in [6, 6.07) is 8.10. The quantitative estimate of drug-likeness (QED) is 0.931. The molecular weight excluding hydrogens is 250 g/mol. The molecule has 1 aromatic heterocycles. The summed E-state index contributed by atoms with van der Waals surface area (Å²) in [5, 5.41) is 3.08. The van der Waals surface area contributed by atoms with E-state index in [1.807, 2.05) is 19.1 Å². The number of hydrogen-bond donors (Lipinski definition) is 1. The van der Waals surface area contributed by atoms with E-state index in [4.69, 9.17) is 0 Å². The number of benzene rings is 1. The maximum Gasteiger partial charge on any atom is 0.293 e. The Hall–Kier alpha value is -2.10. The first-order chi connectivity index (χ1) is 9.41. The second-order valence-electron chi connectivity index (χ2n) is 5.82. The van der Waals surface area contributed by atoms with Crippen LogP contribution in [0.2, 0.25) is 0 Å². The summed E-state index contributed by atoms with van der Waals surface area (Å²) in [6.07, 6.45) is 3.33. The molecule has 4 heteroatoms. The summed E-state index contributed by atoms with van der Waals surface area (Å²) in [7, 11) is 0. The predicted octanol–water partition coefficient (Wildman–Crippen LogP) is 3.30. The number of anilines is 2. The molecule has 0 aliphatic heterocycles. The van der Waals surface area contributed by atoms with Crippen LogP contribution in [0, 0.1) is 0 Å². The zero-order valence-corrected chi connectivity index (χ0v) is 12.5. The largest absolute Gasteiger partial charge is 0.336 e. The molecule has 0 saturated heterocycles. The van der Waals surface area contributed by atoms with Gasteiger partial charge >= 0.3 is 0 Å². The van der Waals surface area contributed by atoms with Gasteiger partial charge in [-0.25, -0.2) is 4.98 Å². The molecule has 106 valence electrons. The average molecular weight is 271 g/mol. The van der Waals surface area contributed by atoms with E-state index < -0.39 is 0 Å². The van der Waals surface area contributed by atoms with Crippen molar-refractivity contribution in [2.24, 2.45) is 0 Å².